The number of nitrogens with zero attached hydrogens (tertiary/aromatic N) is 3. The van der Waals surface area contributed by atoms with E-state index < -0.39 is 5.97 Å². The number of hydrogen-bond donors (Lipinski definition) is 3. The van der Waals surface area contributed by atoms with Crippen LogP contribution in [0.25, 0.3) is 0 Å². The van der Waals surface area contributed by atoms with Crippen molar-refractivity contribution in [2.24, 2.45) is 0 Å². The second-order valence-electron chi connectivity index (χ2n) is 5.41. The van der Waals surface area contributed by atoms with Crippen LogP contribution >= 0.6 is 0 Å². The Kier molecular flexibility index (Phi) is 4.84. The van der Waals surface area contributed by atoms with E-state index in [4.69, 9.17) is 0 Å². The third-order valence-corrected chi connectivity index (χ3v) is 3.45. The van der Waals surface area contributed by atoms with Gasteiger partial charge in [0.25, 0.3) is 0 Å². The van der Waals surface area contributed by atoms with Gasteiger partial charge in [-0.05, 0) is 30.7 Å². The molecule has 0 aliphatic carbocycles. The van der Waals surface area contributed by atoms with Crippen molar-refractivity contribution in [3.63, 3.8) is 0 Å². The summed E-state index contributed by atoms with van der Waals surface area (Å²) in [5, 5.41) is 15.5. The molecule has 0 spiro atoms. The Labute approximate surface area is 144 Å². The van der Waals surface area contributed by atoms with Crippen LogP contribution in [0.15, 0.2) is 54.9 Å². The Bertz CT molecular complexity index is 884. The zero-order valence-corrected chi connectivity index (χ0v) is 13.6. The van der Waals surface area contributed by atoms with E-state index in [1.807, 2.05) is 19.1 Å². The van der Waals surface area contributed by atoms with Crippen LogP contribution in [-0.2, 0) is 6.54 Å². The molecule has 0 bridgehead atoms. The van der Waals surface area contributed by atoms with Gasteiger partial charge in [0.05, 0.1) is 11.3 Å². The highest BCUT2D eigenvalue weighted by molar-refractivity contribution is 5.95. The molecule has 0 unspecified atom stereocenters. The van der Waals surface area contributed by atoms with Crippen molar-refractivity contribution in [2.45, 2.75) is 13.5 Å². The number of carboxylic acid groups (broad SMARTS) is 1. The molecule has 0 aliphatic heterocycles. The summed E-state index contributed by atoms with van der Waals surface area (Å²) in [6.45, 7) is 2.40. The number of nitrogens with one attached hydrogen (secondary N) is 2. The largest absolute Gasteiger partial charge is 0.478 e. The first-order chi connectivity index (χ1) is 12.1. The maximum Gasteiger partial charge on any atom is 0.337 e. The van der Waals surface area contributed by atoms with Crippen LogP contribution in [0.4, 0.5) is 17.5 Å². The van der Waals surface area contributed by atoms with Gasteiger partial charge >= 0.3 is 5.97 Å². The standard InChI is InChI=1S/C18H17N5O2/c1-12-9-16(22-15-7-3-2-6-14(15)17(24)25)23-18(21-12)20-11-13-5-4-8-19-10-13/h2-10H,11H2,1H3,(H,24,25)(H2,20,21,22,23). The molecule has 7 heteroatoms. The highest BCUT2D eigenvalue weighted by Crippen LogP contribution is 2.21. The summed E-state index contributed by atoms with van der Waals surface area (Å²) in [7, 11) is 0. The van der Waals surface area contributed by atoms with Crippen molar-refractivity contribution >= 4 is 23.4 Å². The number of rotatable bonds is 6. The third-order valence-electron chi connectivity index (χ3n) is 3.45. The molecule has 7 nitrogen and oxygen atoms in total. The molecule has 25 heavy (non-hydrogen) atoms. The fourth-order valence-electron chi connectivity index (χ4n) is 2.31. The molecule has 3 rings (SSSR count). The van der Waals surface area contributed by atoms with Crippen LogP contribution < -0.4 is 10.6 Å². The highest BCUT2D eigenvalue weighted by Gasteiger charge is 2.10. The van der Waals surface area contributed by atoms with E-state index in [0.29, 0.717) is 24.0 Å². The van der Waals surface area contributed by atoms with E-state index in [-0.39, 0.29) is 5.56 Å². The Balaban J connectivity index is 1.79. The number of carbonyl (C=O) groups is 1. The first-order valence-electron chi connectivity index (χ1n) is 7.69. The van der Waals surface area contributed by atoms with E-state index in [2.05, 4.69) is 25.6 Å². The maximum atomic E-state index is 11.3. The summed E-state index contributed by atoms with van der Waals surface area (Å²) in [5.74, 6) is -0.0159. The van der Waals surface area contributed by atoms with E-state index in [9.17, 15) is 9.90 Å². The fourth-order valence-corrected chi connectivity index (χ4v) is 2.31. The summed E-state index contributed by atoms with van der Waals surface area (Å²) in [6, 6.07) is 12.3. The Hall–Kier alpha value is -3.48. The maximum absolute atomic E-state index is 11.3. The Morgan fingerprint density at radius 3 is 2.76 bits per heavy atom. The molecular formula is C18H17N5O2. The van der Waals surface area contributed by atoms with Crippen LogP contribution in [0.1, 0.15) is 21.6 Å². The summed E-state index contributed by atoms with van der Waals surface area (Å²) < 4.78 is 0. The lowest BCUT2D eigenvalue weighted by Gasteiger charge is -2.11. The van der Waals surface area contributed by atoms with Gasteiger partial charge in [0, 0.05) is 30.7 Å². The number of anilines is 3. The van der Waals surface area contributed by atoms with Gasteiger partial charge in [-0.15, -0.1) is 0 Å². The van der Waals surface area contributed by atoms with Crippen molar-refractivity contribution in [1.29, 1.82) is 0 Å². The molecule has 2 aromatic heterocycles. The van der Waals surface area contributed by atoms with Crippen molar-refractivity contribution in [1.82, 2.24) is 15.0 Å². The minimum absolute atomic E-state index is 0.184. The molecule has 1 aromatic carbocycles. The molecule has 0 atom stereocenters. The molecule has 3 aromatic rings. The molecule has 0 amide bonds. The van der Waals surface area contributed by atoms with Gasteiger partial charge in [-0.25, -0.2) is 9.78 Å². The van der Waals surface area contributed by atoms with Crippen molar-refractivity contribution in [3.8, 4) is 0 Å². The second kappa shape index (κ2) is 7.39. The number of aryl methyl sites for hydroxylation is 1. The number of carboxylic acids is 1. The average Bonchev–Trinajstić information content (AvgIpc) is 2.61. The van der Waals surface area contributed by atoms with Crippen molar-refractivity contribution in [3.05, 3.63) is 71.7 Å². The fraction of sp³-hybridized carbons (Fsp3) is 0.111. The van der Waals surface area contributed by atoms with Gasteiger partial charge < -0.3 is 15.7 Å². The Morgan fingerprint density at radius 2 is 2.00 bits per heavy atom. The number of aromatic carboxylic acids is 1. The highest BCUT2D eigenvalue weighted by atomic mass is 16.4. The molecule has 0 fully saturated rings. The van der Waals surface area contributed by atoms with Crippen LogP contribution in [-0.4, -0.2) is 26.0 Å². The monoisotopic (exact) mass is 335 g/mol. The minimum atomic E-state index is -0.996. The van der Waals surface area contributed by atoms with Gasteiger partial charge in [0.15, 0.2) is 0 Å². The summed E-state index contributed by atoms with van der Waals surface area (Å²) in [6.07, 6.45) is 3.49. The van der Waals surface area contributed by atoms with E-state index in [0.717, 1.165) is 11.3 Å². The number of para-hydroxylation sites is 1. The number of pyridine rings is 1. The lowest BCUT2D eigenvalue weighted by Crippen LogP contribution is -2.08. The molecule has 0 saturated carbocycles. The van der Waals surface area contributed by atoms with Crippen molar-refractivity contribution in [2.75, 3.05) is 10.6 Å². The predicted molar refractivity (Wildman–Crippen MR) is 95.0 cm³/mol. The number of benzene rings is 1. The SMILES string of the molecule is Cc1cc(Nc2ccccc2C(=O)O)nc(NCc2cccnc2)n1. The van der Waals surface area contributed by atoms with Gasteiger partial charge in [0.1, 0.15) is 5.82 Å². The third kappa shape index (κ3) is 4.29. The van der Waals surface area contributed by atoms with E-state index in [1.165, 1.54) is 0 Å². The minimum Gasteiger partial charge on any atom is -0.478 e. The molecule has 126 valence electrons. The van der Waals surface area contributed by atoms with Gasteiger partial charge in [-0.2, -0.15) is 4.98 Å². The molecule has 0 saturated heterocycles. The first kappa shape index (κ1) is 16.4. The van der Waals surface area contributed by atoms with Gasteiger partial charge in [-0.3, -0.25) is 4.98 Å². The smallest absolute Gasteiger partial charge is 0.337 e. The predicted octanol–water partition coefficient (Wildman–Crippen LogP) is 3.23. The molecule has 0 aliphatic rings. The van der Waals surface area contributed by atoms with Gasteiger partial charge in [-0.1, -0.05) is 18.2 Å². The lowest BCUT2D eigenvalue weighted by molar-refractivity contribution is 0.0698. The normalized spacial score (nSPS) is 10.3. The average molecular weight is 335 g/mol. The number of aromatic nitrogens is 3. The van der Waals surface area contributed by atoms with E-state index in [1.54, 1.807) is 42.7 Å². The van der Waals surface area contributed by atoms with Crippen LogP contribution in [0.3, 0.4) is 0 Å². The second-order valence-corrected chi connectivity index (χ2v) is 5.41. The quantitative estimate of drug-likeness (QED) is 0.636. The number of hydrogen-bond acceptors (Lipinski definition) is 6. The molecule has 3 N–H and O–H groups in total. The summed E-state index contributed by atoms with van der Waals surface area (Å²) in [4.78, 5) is 24.1. The molecular weight excluding hydrogens is 318 g/mol. The molecule has 0 radical (unpaired) electrons. The van der Waals surface area contributed by atoms with Crippen LogP contribution in [0, 0.1) is 6.92 Å². The Morgan fingerprint density at radius 1 is 1.16 bits per heavy atom. The van der Waals surface area contributed by atoms with Crippen LogP contribution in [0.5, 0.6) is 0 Å². The zero-order valence-electron chi connectivity index (χ0n) is 13.6. The summed E-state index contributed by atoms with van der Waals surface area (Å²) in [5.41, 5.74) is 2.44. The first-order valence-corrected chi connectivity index (χ1v) is 7.69. The molecule has 2 heterocycles. The lowest BCUT2D eigenvalue weighted by atomic mass is 10.2. The van der Waals surface area contributed by atoms with Crippen molar-refractivity contribution < 1.29 is 9.90 Å². The van der Waals surface area contributed by atoms with Gasteiger partial charge in [0.2, 0.25) is 5.95 Å². The topological polar surface area (TPSA) is 100 Å². The van der Waals surface area contributed by atoms with E-state index >= 15 is 0 Å². The zero-order chi connectivity index (χ0) is 17.6. The van der Waals surface area contributed by atoms with Crippen LogP contribution in [0.2, 0.25) is 0 Å². The summed E-state index contributed by atoms with van der Waals surface area (Å²) >= 11 is 0.